The minimum Gasteiger partial charge on any atom is -0.444 e. The van der Waals surface area contributed by atoms with E-state index in [1.54, 1.807) is 37.8 Å². The van der Waals surface area contributed by atoms with Gasteiger partial charge >= 0.3 is 12.2 Å². The Hall–Kier alpha value is -3.15. The minimum atomic E-state index is -3.73. The zero-order valence-electron chi connectivity index (χ0n) is 25.7. The Labute approximate surface area is 250 Å². The number of amides is 2. The van der Waals surface area contributed by atoms with Crippen LogP contribution in [0.25, 0.3) is 0 Å². The highest BCUT2D eigenvalue weighted by atomic mass is 32.2. The number of carbonyl (C=O) groups is 2. The van der Waals surface area contributed by atoms with E-state index in [0.717, 1.165) is 35.2 Å². The fourth-order valence-electron chi connectivity index (χ4n) is 4.43. The predicted molar refractivity (Wildman–Crippen MR) is 163 cm³/mol. The van der Waals surface area contributed by atoms with Gasteiger partial charge in [-0.3, -0.25) is 0 Å². The van der Waals surface area contributed by atoms with Gasteiger partial charge in [-0.25, -0.2) is 22.7 Å². The number of hydrogen-bond donors (Lipinski definition) is 3. The molecule has 3 rings (SSSR count). The molecule has 232 valence electrons. The summed E-state index contributed by atoms with van der Waals surface area (Å²) in [7, 11) is -3.73. The number of sulfonamides is 1. The molecule has 42 heavy (non-hydrogen) atoms. The van der Waals surface area contributed by atoms with Gasteiger partial charge in [0.2, 0.25) is 10.0 Å². The highest BCUT2D eigenvalue weighted by Crippen LogP contribution is 2.19. The molecule has 0 atom stereocenters. The molecule has 10 nitrogen and oxygen atoms in total. The van der Waals surface area contributed by atoms with Gasteiger partial charge in [0.15, 0.2) is 0 Å². The van der Waals surface area contributed by atoms with Crippen molar-refractivity contribution in [1.29, 1.82) is 0 Å². The highest BCUT2D eigenvalue weighted by Gasteiger charge is 2.23. The number of fused-ring (bicyclic) bond motifs is 1. The first kappa shape index (κ1) is 33.4. The molecule has 0 bridgehead atoms. The number of hydrogen-bond acceptors (Lipinski definition) is 7. The van der Waals surface area contributed by atoms with Gasteiger partial charge < -0.3 is 25.0 Å². The molecule has 2 aromatic rings. The second kappa shape index (κ2) is 14.3. The van der Waals surface area contributed by atoms with Crippen molar-refractivity contribution in [2.45, 2.75) is 90.0 Å². The Morgan fingerprint density at radius 3 is 2.24 bits per heavy atom. The summed E-state index contributed by atoms with van der Waals surface area (Å²) in [4.78, 5) is 26.6. The van der Waals surface area contributed by atoms with Crippen LogP contribution in [0.4, 0.5) is 9.59 Å². The van der Waals surface area contributed by atoms with Crippen molar-refractivity contribution in [3.05, 3.63) is 64.7 Å². The molecule has 3 N–H and O–H groups in total. The van der Waals surface area contributed by atoms with Gasteiger partial charge in [-0.2, -0.15) is 0 Å². The molecular formula is C31H46N4O6S. The van der Waals surface area contributed by atoms with Crippen LogP contribution in [0.3, 0.4) is 0 Å². The van der Waals surface area contributed by atoms with Crippen molar-refractivity contribution in [2.24, 2.45) is 0 Å². The lowest BCUT2D eigenvalue weighted by atomic mass is 10.0. The topological polar surface area (TPSA) is 126 Å². The summed E-state index contributed by atoms with van der Waals surface area (Å²) in [5.41, 5.74) is 2.97. The number of nitrogens with zero attached hydrogens (tertiary/aromatic N) is 1. The Bertz CT molecular complexity index is 1310. The molecule has 11 heteroatoms. The van der Waals surface area contributed by atoms with Gasteiger partial charge in [0.1, 0.15) is 11.2 Å². The lowest BCUT2D eigenvalue weighted by Gasteiger charge is -2.27. The predicted octanol–water partition coefficient (Wildman–Crippen LogP) is 4.51. The molecule has 0 saturated carbocycles. The quantitative estimate of drug-likeness (QED) is 0.346. The van der Waals surface area contributed by atoms with Gasteiger partial charge in [-0.15, -0.1) is 0 Å². The Kier molecular flexibility index (Phi) is 11.4. The van der Waals surface area contributed by atoms with Crippen molar-refractivity contribution in [2.75, 3.05) is 26.2 Å². The zero-order chi connectivity index (χ0) is 31.0. The molecule has 0 aromatic heterocycles. The zero-order valence-corrected chi connectivity index (χ0v) is 26.5. The largest absolute Gasteiger partial charge is 0.444 e. The summed E-state index contributed by atoms with van der Waals surface area (Å²) in [5.74, 6) is 0. The van der Waals surface area contributed by atoms with Gasteiger partial charge in [-0.1, -0.05) is 30.3 Å². The second-order valence-electron chi connectivity index (χ2n) is 12.5. The molecule has 0 spiro atoms. The van der Waals surface area contributed by atoms with Gasteiger partial charge in [0, 0.05) is 32.7 Å². The third kappa shape index (κ3) is 11.3. The second-order valence-corrected chi connectivity index (χ2v) is 14.3. The van der Waals surface area contributed by atoms with E-state index in [-0.39, 0.29) is 18.0 Å². The van der Waals surface area contributed by atoms with Crippen LogP contribution in [0.15, 0.2) is 47.4 Å². The summed E-state index contributed by atoms with van der Waals surface area (Å²) in [6, 6.07) is 13.1. The average molecular weight is 603 g/mol. The number of carbonyl (C=O) groups excluding carboxylic acids is 2. The van der Waals surface area contributed by atoms with Crippen LogP contribution in [-0.2, 0) is 45.4 Å². The van der Waals surface area contributed by atoms with Crippen molar-refractivity contribution in [1.82, 2.24) is 20.3 Å². The van der Waals surface area contributed by atoms with Gasteiger partial charge in [0.25, 0.3) is 0 Å². The third-order valence-corrected chi connectivity index (χ3v) is 7.91. The molecule has 0 saturated heterocycles. The van der Waals surface area contributed by atoms with E-state index in [0.29, 0.717) is 32.5 Å². The SMILES string of the molecule is CC(C)(C)OC(=O)NCc1ccc(CCCN(CCNS(=O)(=O)c2ccc3c(c2)CNCC3)C(=O)OC(C)(C)C)cc1. The summed E-state index contributed by atoms with van der Waals surface area (Å²) in [5, 5.41) is 6.01. The van der Waals surface area contributed by atoms with Crippen molar-refractivity contribution >= 4 is 22.2 Å². The third-order valence-electron chi connectivity index (χ3n) is 6.45. The summed E-state index contributed by atoms with van der Waals surface area (Å²) in [6.45, 7) is 13.4. The molecule has 1 heterocycles. The summed E-state index contributed by atoms with van der Waals surface area (Å²) < 4.78 is 39.4. The van der Waals surface area contributed by atoms with Crippen LogP contribution >= 0.6 is 0 Å². The number of ether oxygens (including phenoxy) is 2. The Morgan fingerprint density at radius 2 is 1.57 bits per heavy atom. The molecule has 0 fully saturated rings. The van der Waals surface area contributed by atoms with Crippen LogP contribution in [0.5, 0.6) is 0 Å². The van der Waals surface area contributed by atoms with E-state index in [4.69, 9.17) is 9.47 Å². The van der Waals surface area contributed by atoms with Crippen LogP contribution in [0, 0.1) is 0 Å². The number of nitrogens with one attached hydrogen (secondary N) is 3. The summed E-state index contributed by atoms with van der Waals surface area (Å²) in [6.07, 6.45) is 1.32. The lowest BCUT2D eigenvalue weighted by molar-refractivity contribution is 0.0251. The average Bonchev–Trinajstić information content (AvgIpc) is 2.89. The maximum Gasteiger partial charge on any atom is 0.410 e. The van der Waals surface area contributed by atoms with Crippen LogP contribution in [0.2, 0.25) is 0 Å². The molecule has 2 aromatic carbocycles. The molecule has 0 radical (unpaired) electrons. The molecule has 2 amide bonds. The van der Waals surface area contributed by atoms with Crippen molar-refractivity contribution in [3.8, 4) is 0 Å². The maximum atomic E-state index is 13.0. The van der Waals surface area contributed by atoms with E-state index in [9.17, 15) is 18.0 Å². The number of rotatable bonds is 11. The van der Waals surface area contributed by atoms with Gasteiger partial charge in [-0.05, 0) is 102 Å². The van der Waals surface area contributed by atoms with E-state index in [1.165, 1.54) is 0 Å². The van der Waals surface area contributed by atoms with Crippen LogP contribution in [0.1, 0.15) is 70.2 Å². The smallest absolute Gasteiger partial charge is 0.410 e. The molecule has 1 aliphatic rings. The highest BCUT2D eigenvalue weighted by molar-refractivity contribution is 7.89. The first-order valence-electron chi connectivity index (χ1n) is 14.5. The monoisotopic (exact) mass is 602 g/mol. The van der Waals surface area contributed by atoms with Crippen molar-refractivity contribution < 1.29 is 27.5 Å². The van der Waals surface area contributed by atoms with E-state index in [1.807, 2.05) is 51.1 Å². The fourth-order valence-corrected chi connectivity index (χ4v) is 5.50. The maximum absolute atomic E-state index is 13.0. The molecule has 1 aliphatic heterocycles. The van der Waals surface area contributed by atoms with E-state index < -0.39 is 33.4 Å². The normalized spacial score (nSPS) is 13.7. The fraction of sp³-hybridized carbons (Fsp3) is 0.548. The minimum absolute atomic E-state index is 0.0657. The van der Waals surface area contributed by atoms with Gasteiger partial charge in [0.05, 0.1) is 4.90 Å². The first-order chi connectivity index (χ1) is 19.6. The Morgan fingerprint density at radius 1 is 0.905 bits per heavy atom. The molecular weight excluding hydrogens is 556 g/mol. The summed E-state index contributed by atoms with van der Waals surface area (Å²) >= 11 is 0. The van der Waals surface area contributed by atoms with E-state index >= 15 is 0 Å². The number of benzene rings is 2. The molecule has 0 aliphatic carbocycles. The molecule has 0 unspecified atom stereocenters. The number of alkyl carbamates (subject to hydrolysis) is 1. The lowest BCUT2D eigenvalue weighted by Crippen LogP contribution is -2.42. The van der Waals surface area contributed by atoms with Crippen molar-refractivity contribution in [3.63, 3.8) is 0 Å². The van der Waals surface area contributed by atoms with Crippen LogP contribution < -0.4 is 15.4 Å². The van der Waals surface area contributed by atoms with E-state index in [2.05, 4.69) is 15.4 Å². The number of aryl methyl sites for hydroxylation is 1. The standard InChI is InChI=1S/C31H46N4O6S/c1-30(2,3)40-28(36)33-21-24-11-9-23(10-12-24)8-7-18-35(29(37)41-31(4,5)6)19-17-34-42(38,39)27-14-13-25-15-16-32-22-26(25)20-27/h9-14,20,32,34H,7-8,15-19,21-22H2,1-6H3,(H,33,36). The Balaban J connectivity index is 1.53. The van der Waals surface area contributed by atoms with Crippen LogP contribution in [-0.4, -0.2) is 62.9 Å². The first-order valence-corrected chi connectivity index (χ1v) is 15.9.